The first-order valence-electron chi connectivity index (χ1n) is 4.05. The molecule has 0 unspecified atom stereocenters. The molecule has 13 heavy (non-hydrogen) atoms. The van der Waals surface area contributed by atoms with Crippen molar-refractivity contribution < 1.29 is 9.59 Å². The molecule has 2 rings (SSSR count). The molecule has 2 aliphatic rings. The van der Waals surface area contributed by atoms with Crippen molar-refractivity contribution >= 4 is 11.8 Å². The zero-order chi connectivity index (χ0) is 9.75. The third-order valence-electron chi connectivity index (χ3n) is 2.54. The number of hydrogen-bond donors (Lipinski definition) is 1. The zero-order valence-electron chi connectivity index (χ0n) is 7.76. The Morgan fingerprint density at radius 2 is 1.77 bits per heavy atom. The van der Waals surface area contributed by atoms with Crippen LogP contribution in [0.2, 0.25) is 0 Å². The van der Waals surface area contributed by atoms with E-state index < -0.39 is 0 Å². The SMILES string of the molecule is CC1=C2C(=O)N(C)C(C)=C2C(=O)N1. The van der Waals surface area contributed by atoms with Crippen LogP contribution in [0.5, 0.6) is 0 Å². The van der Waals surface area contributed by atoms with Gasteiger partial charge in [-0.3, -0.25) is 9.59 Å². The highest BCUT2D eigenvalue weighted by atomic mass is 16.2. The zero-order valence-corrected chi connectivity index (χ0v) is 7.76. The van der Waals surface area contributed by atoms with E-state index in [9.17, 15) is 9.59 Å². The average Bonchev–Trinajstić information content (AvgIpc) is 2.47. The van der Waals surface area contributed by atoms with E-state index in [-0.39, 0.29) is 11.8 Å². The molecule has 0 spiro atoms. The standard InChI is InChI=1S/C9H10N2O2/c1-4-6-7(8(12)10-4)5(2)11(3)9(6)13/h1-3H3,(H,10,12). The van der Waals surface area contributed by atoms with Crippen molar-refractivity contribution in [1.82, 2.24) is 10.2 Å². The molecule has 2 aliphatic heterocycles. The van der Waals surface area contributed by atoms with E-state index in [1.165, 1.54) is 4.90 Å². The normalized spacial score (nSPS) is 21.6. The Morgan fingerprint density at radius 1 is 1.15 bits per heavy atom. The van der Waals surface area contributed by atoms with Gasteiger partial charge in [-0.2, -0.15) is 0 Å². The van der Waals surface area contributed by atoms with Gasteiger partial charge in [0.1, 0.15) is 0 Å². The quantitative estimate of drug-likeness (QED) is 0.573. The Kier molecular flexibility index (Phi) is 1.37. The molecule has 4 nitrogen and oxygen atoms in total. The number of carbonyl (C=O) groups excluding carboxylic acids is 2. The highest BCUT2D eigenvalue weighted by molar-refractivity contribution is 6.19. The number of likely N-dealkylation sites (N-methyl/N-ethyl adjacent to an activating group) is 1. The second-order valence-electron chi connectivity index (χ2n) is 3.28. The van der Waals surface area contributed by atoms with Gasteiger partial charge in [-0.05, 0) is 13.8 Å². The molecular formula is C9H10N2O2. The van der Waals surface area contributed by atoms with Crippen LogP contribution in [0.3, 0.4) is 0 Å². The van der Waals surface area contributed by atoms with E-state index in [0.717, 1.165) is 5.70 Å². The summed E-state index contributed by atoms with van der Waals surface area (Å²) in [5.41, 5.74) is 2.46. The predicted octanol–water partition coefficient (Wildman–Crippen LogP) is 0.136. The number of rotatable bonds is 0. The summed E-state index contributed by atoms with van der Waals surface area (Å²) in [6, 6.07) is 0. The van der Waals surface area contributed by atoms with Gasteiger partial charge in [0.15, 0.2) is 0 Å². The topological polar surface area (TPSA) is 49.4 Å². The number of carbonyl (C=O) groups is 2. The molecule has 0 aromatic heterocycles. The molecule has 0 saturated carbocycles. The maximum absolute atomic E-state index is 11.6. The second kappa shape index (κ2) is 2.22. The molecule has 0 radical (unpaired) electrons. The molecule has 0 bridgehead atoms. The van der Waals surface area contributed by atoms with Crippen molar-refractivity contribution in [1.29, 1.82) is 0 Å². The number of fused-ring (bicyclic) bond motifs is 1. The molecule has 0 saturated heterocycles. The van der Waals surface area contributed by atoms with E-state index in [2.05, 4.69) is 5.32 Å². The van der Waals surface area contributed by atoms with Crippen LogP contribution in [-0.2, 0) is 9.59 Å². The molecule has 0 atom stereocenters. The lowest BCUT2D eigenvalue weighted by Crippen LogP contribution is -2.22. The average molecular weight is 178 g/mol. The van der Waals surface area contributed by atoms with Gasteiger partial charge in [-0.1, -0.05) is 0 Å². The van der Waals surface area contributed by atoms with E-state index in [1.807, 2.05) is 0 Å². The van der Waals surface area contributed by atoms with E-state index in [1.54, 1.807) is 20.9 Å². The maximum Gasteiger partial charge on any atom is 0.260 e. The van der Waals surface area contributed by atoms with Crippen LogP contribution in [0.15, 0.2) is 22.5 Å². The van der Waals surface area contributed by atoms with Gasteiger partial charge in [-0.15, -0.1) is 0 Å². The van der Waals surface area contributed by atoms with Crippen molar-refractivity contribution in [3.05, 3.63) is 22.5 Å². The third kappa shape index (κ3) is 0.798. The molecule has 0 aromatic rings. The first-order valence-corrected chi connectivity index (χ1v) is 4.05. The summed E-state index contributed by atoms with van der Waals surface area (Å²) in [5.74, 6) is -0.258. The Morgan fingerprint density at radius 3 is 2.31 bits per heavy atom. The number of amides is 2. The summed E-state index contributed by atoms with van der Waals surface area (Å²) in [6.45, 7) is 3.52. The molecule has 2 heterocycles. The van der Waals surface area contributed by atoms with Crippen LogP contribution in [0.4, 0.5) is 0 Å². The Labute approximate surface area is 75.9 Å². The van der Waals surface area contributed by atoms with Crippen LogP contribution in [0.1, 0.15) is 13.8 Å². The van der Waals surface area contributed by atoms with Gasteiger partial charge in [0, 0.05) is 18.4 Å². The fourth-order valence-corrected chi connectivity index (χ4v) is 1.70. The first-order chi connectivity index (χ1) is 6.04. The van der Waals surface area contributed by atoms with Crippen LogP contribution in [0, 0.1) is 0 Å². The number of nitrogens with zero attached hydrogens (tertiary/aromatic N) is 1. The first kappa shape index (κ1) is 8.04. The largest absolute Gasteiger partial charge is 0.325 e. The minimum Gasteiger partial charge on any atom is -0.325 e. The fraction of sp³-hybridized carbons (Fsp3) is 0.333. The minimum absolute atomic E-state index is 0.0941. The van der Waals surface area contributed by atoms with Crippen LogP contribution in [0.25, 0.3) is 0 Å². The molecule has 68 valence electrons. The van der Waals surface area contributed by atoms with Gasteiger partial charge in [0.25, 0.3) is 11.8 Å². The summed E-state index contributed by atoms with van der Waals surface area (Å²) in [7, 11) is 1.68. The van der Waals surface area contributed by atoms with Gasteiger partial charge in [0.2, 0.25) is 0 Å². The highest BCUT2D eigenvalue weighted by Crippen LogP contribution is 2.33. The van der Waals surface area contributed by atoms with Gasteiger partial charge < -0.3 is 10.2 Å². The molecular weight excluding hydrogens is 168 g/mol. The Bertz CT molecular complexity index is 390. The minimum atomic E-state index is -0.164. The van der Waals surface area contributed by atoms with Crippen molar-refractivity contribution in [3.63, 3.8) is 0 Å². The Balaban J connectivity index is 2.66. The lowest BCUT2D eigenvalue weighted by molar-refractivity contribution is -0.123. The molecule has 0 fully saturated rings. The summed E-state index contributed by atoms with van der Waals surface area (Å²) < 4.78 is 0. The highest BCUT2D eigenvalue weighted by Gasteiger charge is 2.39. The summed E-state index contributed by atoms with van der Waals surface area (Å²) in [5, 5.41) is 2.64. The van der Waals surface area contributed by atoms with E-state index in [4.69, 9.17) is 0 Å². The third-order valence-corrected chi connectivity index (χ3v) is 2.54. The number of allylic oxidation sites excluding steroid dienone is 2. The lowest BCUT2D eigenvalue weighted by Gasteiger charge is -2.10. The summed E-state index contributed by atoms with van der Waals surface area (Å²) in [4.78, 5) is 24.5. The van der Waals surface area contributed by atoms with Crippen LogP contribution in [-0.4, -0.2) is 23.8 Å². The number of hydrogen-bond acceptors (Lipinski definition) is 2. The van der Waals surface area contributed by atoms with Gasteiger partial charge in [0.05, 0.1) is 11.1 Å². The smallest absolute Gasteiger partial charge is 0.260 e. The molecule has 1 N–H and O–H groups in total. The van der Waals surface area contributed by atoms with Crippen LogP contribution >= 0.6 is 0 Å². The monoisotopic (exact) mass is 178 g/mol. The summed E-state index contributed by atoms with van der Waals surface area (Å²) in [6.07, 6.45) is 0. The Hall–Kier alpha value is -1.58. The van der Waals surface area contributed by atoms with E-state index in [0.29, 0.717) is 16.8 Å². The lowest BCUT2D eigenvalue weighted by atomic mass is 10.1. The maximum atomic E-state index is 11.6. The number of nitrogens with one attached hydrogen (secondary N) is 1. The second-order valence-corrected chi connectivity index (χ2v) is 3.28. The van der Waals surface area contributed by atoms with Crippen molar-refractivity contribution in [2.24, 2.45) is 0 Å². The van der Waals surface area contributed by atoms with Crippen molar-refractivity contribution in [3.8, 4) is 0 Å². The fourth-order valence-electron chi connectivity index (χ4n) is 1.70. The van der Waals surface area contributed by atoms with E-state index >= 15 is 0 Å². The van der Waals surface area contributed by atoms with Gasteiger partial charge >= 0.3 is 0 Å². The molecule has 2 amide bonds. The molecule has 0 aliphatic carbocycles. The van der Waals surface area contributed by atoms with Crippen molar-refractivity contribution in [2.45, 2.75) is 13.8 Å². The van der Waals surface area contributed by atoms with Crippen molar-refractivity contribution in [2.75, 3.05) is 7.05 Å². The van der Waals surface area contributed by atoms with Crippen LogP contribution < -0.4 is 5.32 Å². The summed E-state index contributed by atoms with van der Waals surface area (Å²) >= 11 is 0. The molecule has 0 aromatic carbocycles. The predicted molar refractivity (Wildman–Crippen MR) is 46.3 cm³/mol. The van der Waals surface area contributed by atoms with Gasteiger partial charge in [-0.25, -0.2) is 0 Å². The molecule has 4 heteroatoms.